The van der Waals surface area contributed by atoms with Crippen LogP contribution < -0.4 is 5.32 Å². The van der Waals surface area contributed by atoms with Crippen molar-refractivity contribution in [3.8, 4) is 0 Å². The van der Waals surface area contributed by atoms with Crippen LogP contribution in [0.3, 0.4) is 0 Å². The molecule has 0 saturated heterocycles. The Kier molecular flexibility index (Phi) is 5.47. The van der Waals surface area contributed by atoms with Gasteiger partial charge in [0.05, 0.1) is 10.5 Å². The summed E-state index contributed by atoms with van der Waals surface area (Å²) in [6, 6.07) is 0.123. The normalized spacial score (nSPS) is 31.2. The zero-order valence-electron chi connectivity index (χ0n) is 13.4. The lowest BCUT2D eigenvalue weighted by atomic mass is 9.71. The highest BCUT2D eigenvalue weighted by atomic mass is 32.2. The van der Waals surface area contributed by atoms with E-state index < -0.39 is 9.84 Å². The average molecular weight is 289 g/mol. The first kappa shape index (κ1) is 17.0. The molecule has 0 aromatic rings. The lowest BCUT2D eigenvalue weighted by molar-refractivity contribution is 0.164. The summed E-state index contributed by atoms with van der Waals surface area (Å²) in [6.07, 6.45) is 3.61. The molecule has 4 heteroatoms. The molecule has 0 radical (unpaired) electrons. The maximum absolute atomic E-state index is 12.7. The van der Waals surface area contributed by atoms with Crippen molar-refractivity contribution in [2.45, 2.75) is 76.8 Å². The SMILES string of the molecule is CCC(C)S(=O)(=O)C1CC(C(C)(C)C)CCC1NC. The van der Waals surface area contributed by atoms with Crippen molar-refractivity contribution in [2.24, 2.45) is 11.3 Å². The number of rotatable bonds is 4. The molecule has 114 valence electrons. The molecule has 1 aliphatic rings. The van der Waals surface area contributed by atoms with Crippen molar-refractivity contribution >= 4 is 9.84 Å². The Morgan fingerprint density at radius 3 is 2.26 bits per heavy atom. The van der Waals surface area contributed by atoms with Crippen molar-refractivity contribution in [1.82, 2.24) is 5.32 Å². The number of hydrogen-bond acceptors (Lipinski definition) is 3. The highest BCUT2D eigenvalue weighted by Gasteiger charge is 2.43. The van der Waals surface area contributed by atoms with Gasteiger partial charge in [-0.15, -0.1) is 0 Å². The second-order valence-electron chi connectivity index (χ2n) is 7.12. The van der Waals surface area contributed by atoms with E-state index in [1.807, 2.05) is 20.9 Å². The van der Waals surface area contributed by atoms with Crippen molar-refractivity contribution in [1.29, 1.82) is 0 Å². The molecule has 1 fully saturated rings. The van der Waals surface area contributed by atoms with E-state index in [9.17, 15) is 8.42 Å². The van der Waals surface area contributed by atoms with Gasteiger partial charge < -0.3 is 5.32 Å². The number of sulfone groups is 1. The summed E-state index contributed by atoms with van der Waals surface area (Å²) in [4.78, 5) is 0. The number of nitrogens with one attached hydrogen (secondary N) is 1. The van der Waals surface area contributed by atoms with Gasteiger partial charge in [-0.3, -0.25) is 0 Å². The average Bonchev–Trinajstić information content (AvgIpc) is 2.35. The van der Waals surface area contributed by atoms with Crippen molar-refractivity contribution in [3.63, 3.8) is 0 Å². The van der Waals surface area contributed by atoms with Gasteiger partial charge in [-0.2, -0.15) is 0 Å². The van der Waals surface area contributed by atoms with E-state index in [1.165, 1.54) is 0 Å². The summed E-state index contributed by atoms with van der Waals surface area (Å²) in [6.45, 7) is 10.5. The topological polar surface area (TPSA) is 46.2 Å². The predicted octanol–water partition coefficient (Wildman–Crippen LogP) is 3.00. The van der Waals surface area contributed by atoms with Gasteiger partial charge in [-0.05, 0) is 51.0 Å². The van der Waals surface area contributed by atoms with Gasteiger partial charge in [0.2, 0.25) is 0 Å². The van der Waals surface area contributed by atoms with Crippen molar-refractivity contribution in [2.75, 3.05) is 7.05 Å². The summed E-state index contributed by atoms with van der Waals surface area (Å²) in [7, 11) is -1.14. The first-order valence-electron chi connectivity index (χ1n) is 7.54. The predicted molar refractivity (Wildman–Crippen MR) is 82.1 cm³/mol. The largest absolute Gasteiger partial charge is 0.316 e. The lowest BCUT2D eigenvalue weighted by Crippen LogP contribution is -2.50. The third-order valence-electron chi connectivity index (χ3n) is 4.95. The molecule has 0 spiro atoms. The molecule has 0 amide bonds. The molecule has 0 heterocycles. The Morgan fingerprint density at radius 1 is 1.26 bits per heavy atom. The minimum absolute atomic E-state index is 0.123. The molecular formula is C15H31NO2S. The molecule has 1 rings (SSSR count). The smallest absolute Gasteiger partial charge is 0.157 e. The zero-order chi connectivity index (χ0) is 14.8. The van der Waals surface area contributed by atoms with Crippen LogP contribution >= 0.6 is 0 Å². The maximum atomic E-state index is 12.7. The maximum Gasteiger partial charge on any atom is 0.157 e. The molecule has 1 N–H and O–H groups in total. The van der Waals surface area contributed by atoms with E-state index in [-0.39, 0.29) is 22.0 Å². The minimum atomic E-state index is -3.03. The molecule has 0 aromatic heterocycles. The standard InChI is InChI=1S/C15H31NO2S/c1-7-11(2)19(17,18)14-10-12(15(3,4)5)8-9-13(14)16-6/h11-14,16H,7-10H2,1-6H3. The molecule has 0 bridgehead atoms. The van der Waals surface area contributed by atoms with Crippen molar-refractivity contribution in [3.05, 3.63) is 0 Å². The van der Waals surface area contributed by atoms with E-state index >= 15 is 0 Å². The Balaban J connectivity index is 2.99. The van der Waals surface area contributed by atoms with Crippen LogP contribution in [-0.4, -0.2) is 32.0 Å². The minimum Gasteiger partial charge on any atom is -0.316 e. The first-order valence-corrected chi connectivity index (χ1v) is 9.15. The number of hydrogen-bond donors (Lipinski definition) is 1. The quantitative estimate of drug-likeness (QED) is 0.865. The zero-order valence-corrected chi connectivity index (χ0v) is 14.2. The van der Waals surface area contributed by atoms with Crippen LogP contribution in [0.4, 0.5) is 0 Å². The Hall–Kier alpha value is -0.0900. The van der Waals surface area contributed by atoms with Crippen LogP contribution in [0.2, 0.25) is 0 Å². The van der Waals surface area contributed by atoms with E-state index in [2.05, 4.69) is 26.1 Å². The van der Waals surface area contributed by atoms with E-state index in [4.69, 9.17) is 0 Å². The molecule has 4 atom stereocenters. The van der Waals surface area contributed by atoms with Gasteiger partial charge in [0.1, 0.15) is 0 Å². The Labute approximate surface area is 119 Å². The fourth-order valence-electron chi connectivity index (χ4n) is 3.14. The fourth-order valence-corrected chi connectivity index (χ4v) is 5.43. The molecule has 0 aromatic carbocycles. The van der Waals surface area contributed by atoms with Gasteiger partial charge in [0.15, 0.2) is 9.84 Å². The summed E-state index contributed by atoms with van der Waals surface area (Å²) in [5, 5.41) is 2.79. The molecule has 19 heavy (non-hydrogen) atoms. The van der Waals surface area contributed by atoms with Gasteiger partial charge in [-0.25, -0.2) is 8.42 Å². The molecule has 4 unspecified atom stereocenters. The van der Waals surface area contributed by atoms with Gasteiger partial charge >= 0.3 is 0 Å². The van der Waals surface area contributed by atoms with Crippen LogP contribution in [0.5, 0.6) is 0 Å². The highest BCUT2D eigenvalue weighted by Crippen LogP contribution is 2.40. The van der Waals surface area contributed by atoms with Crippen LogP contribution in [0.25, 0.3) is 0 Å². The molecule has 3 nitrogen and oxygen atoms in total. The van der Waals surface area contributed by atoms with Crippen LogP contribution in [0.15, 0.2) is 0 Å². The molecule has 0 aliphatic heterocycles. The lowest BCUT2D eigenvalue weighted by Gasteiger charge is -2.42. The first-order chi connectivity index (χ1) is 8.64. The summed E-state index contributed by atoms with van der Waals surface area (Å²) in [5.74, 6) is 0.501. The van der Waals surface area contributed by atoms with Crippen LogP contribution in [0.1, 0.15) is 60.3 Å². The second-order valence-corrected chi connectivity index (χ2v) is 9.71. The summed E-state index contributed by atoms with van der Waals surface area (Å²) in [5.41, 5.74) is 0.196. The highest BCUT2D eigenvalue weighted by molar-refractivity contribution is 7.92. The Morgan fingerprint density at radius 2 is 1.84 bits per heavy atom. The van der Waals surface area contributed by atoms with E-state index in [0.29, 0.717) is 12.3 Å². The van der Waals surface area contributed by atoms with Gasteiger partial charge in [0, 0.05) is 6.04 Å². The van der Waals surface area contributed by atoms with E-state index in [1.54, 1.807) is 0 Å². The molecule has 1 aliphatic carbocycles. The van der Waals surface area contributed by atoms with E-state index in [0.717, 1.165) is 19.3 Å². The van der Waals surface area contributed by atoms with Crippen LogP contribution in [0, 0.1) is 11.3 Å². The fraction of sp³-hybridized carbons (Fsp3) is 1.00. The summed E-state index contributed by atoms with van der Waals surface area (Å²) < 4.78 is 25.4. The monoisotopic (exact) mass is 289 g/mol. The third-order valence-corrected chi connectivity index (χ3v) is 7.76. The van der Waals surface area contributed by atoms with Crippen molar-refractivity contribution < 1.29 is 8.42 Å². The third kappa shape index (κ3) is 3.72. The van der Waals surface area contributed by atoms with Gasteiger partial charge in [-0.1, -0.05) is 27.7 Å². The summed E-state index contributed by atoms with van der Waals surface area (Å²) >= 11 is 0. The van der Waals surface area contributed by atoms with Crippen LogP contribution in [-0.2, 0) is 9.84 Å². The Bertz CT molecular complexity index is 383. The second kappa shape index (κ2) is 6.13. The molecule has 1 saturated carbocycles. The molecular weight excluding hydrogens is 258 g/mol. The van der Waals surface area contributed by atoms with Gasteiger partial charge in [0.25, 0.3) is 0 Å².